The fourth-order valence-corrected chi connectivity index (χ4v) is 3.49. The zero-order valence-electron chi connectivity index (χ0n) is 11.7. The predicted octanol–water partition coefficient (Wildman–Crippen LogP) is 4.33. The summed E-state index contributed by atoms with van der Waals surface area (Å²) in [4.78, 5) is 13.2. The number of aromatic nitrogens is 1. The van der Waals surface area contributed by atoms with E-state index in [9.17, 15) is 4.79 Å². The van der Waals surface area contributed by atoms with Crippen LogP contribution in [-0.2, 0) is 6.54 Å². The SMILES string of the molecule is Nc1onc(-c2ccc(Cl)s2)c1C(=O)NCc1ccccc1Br. The normalized spacial score (nSPS) is 10.7. The second-order valence-corrected chi connectivity index (χ2v) is 7.22. The first-order valence-corrected chi connectivity index (χ1v) is 8.57. The van der Waals surface area contributed by atoms with Gasteiger partial charge in [-0.25, -0.2) is 0 Å². The van der Waals surface area contributed by atoms with E-state index in [0.717, 1.165) is 14.9 Å². The minimum atomic E-state index is -0.348. The highest BCUT2D eigenvalue weighted by Crippen LogP contribution is 2.34. The number of nitrogens with one attached hydrogen (secondary N) is 1. The molecule has 1 aromatic carbocycles. The van der Waals surface area contributed by atoms with E-state index in [2.05, 4.69) is 26.4 Å². The molecular weight excluding hydrogens is 402 g/mol. The van der Waals surface area contributed by atoms with Gasteiger partial charge in [-0.15, -0.1) is 11.3 Å². The second-order valence-electron chi connectivity index (χ2n) is 4.65. The van der Waals surface area contributed by atoms with Crippen LogP contribution in [0.15, 0.2) is 45.4 Å². The Bertz CT molecular complexity index is 862. The summed E-state index contributed by atoms with van der Waals surface area (Å²) >= 11 is 10.7. The summed E-state index contributed by atoms with van der Waals surface area (Å²) in [7, 11) is 0. The van der Waals surface area contributed by atoms with Gasteiger partial charge >= 0.3 is 0 Å². The third kappa shape index (κ3) is 3.41. The van der Waals surface area contributed by atoms with Crippen molar-refractivity contribution in [1.82, 2.24) is 10.5 Å². The molecule has 118 valence electrons. The van der Waals surface area contributed by atoms with Crippen LogP contribution in [0.25, 0.3) is 10.6 Å². The summed E-state index contributed by atoms with van der Waals surface area (Å²) in [5.74, 6) is -0.367. The Hall–Kier alpha value is -1.83. The van der Waals surface area contributed by atoms with Crippen molar-refractivity contribution in [2.24, 2.45) is 0 Å². The molecule has 8 heteroatoms. The summed E-state index contributed by atoms with van der Waals surface area (Å²) in [5.41, 5.74) is 7.32. The summed E-state index contributed by atoms with van der Waals surface area (Å²) in [6.45, 7) is 0.357. The molecule has 0 aliphatic rings. The number of anilines is 1. The third-order valence-corrected chi connectivity index (χ3v) is 5.16. The van der Waals surface area contributed by atoms with E-state index >= 15 is 0 Å². The summed E-state index contributed by atoms with van der Waals surface area (Å²) in [5, 5.41) is 6.70. The van der Waals surface area contributed by atoms with E-state index in [1.807, 2.05) is 24.3 Å². The van der Waals surface area contributed by atoms with Gasteiger partial charge in [0, 0.05) is 11.0 Å². The largest absolute Gasteiger partial charge is 0.367 e. The molecule has 0 saturated heterocycles. The molecule has 3 aromatic rings. The Morgan fingerprint density at radius 3 is 2.83 bits per heavy atom. The molecule has 1 amide bonds. The van der Waals surface area contributed by atoms with Crippen molar-refractivity contribution in [3.8, 4) is 10.6 Å². The van der Waals surface area contributed by atoms with Crippen molar-refractivity contribution < 1.29 is 9.32 Å². The number of thiophene rings is 1. The van der Waals surface area contributed by atoms with Gasteiger partial charge in [-0.2, -0.15) is 0 Å². The number of nitrogens with two attached hydrogens (primary N) is 1. The highest BCUT2D eigenvalue weighted by Gasteiger charge is 2.23. The molecule has 0 spiro atoms. The van der Waals surface area contributed by atoms with Gasteiger partial charge in [0.2, 0.25) is 5.88 Å². The van der Waals surface area contributed by atoms with Gasteiger partial charge < -0.3 is 15.6 Å². The molecule has 0 radical (unpaired) electrons. The molecule has 3 N–H and O–H groups in total. The lowest BCUT2D eigenvalue weighted by Crippen LogP contribution is -2.24. The van der Waals surface area contributed by atoms with Gasteiger partial charge in [0.15, 0.2) is 0 Å². The van der Waals surface area contributed by atoms with Gasteiger partial charge in [0.1, 0.15) is 11.3 Å². The smallest absolute Gasteiger partial charge is 0.259 e. The number of halogens is 2. The van der Waals surface area contributed by atoms with Gasteiger partial charge in [-0.3, -0.25) is 4.79 Å². The Labute approximate surface area is 149 Å². The standard InChI is InChI=1S/C15H11BrClN3O2S/c16-9-4-2-1-3-8(9)7-19-15(21)12-13(20-22-14(12)18)10-5-6-11(17)23-10/h1-6H,7,18H2,(H,19,21). The van der Waals surface area contributed by atoms with E-state index in [4.69, 9.17) is 21.9 Å². The van der Waals surface area contributed by atoms with Crippen LogP contribution in [0.1, 0.15) is 15.9 Å². The molecule has 0 unspecified atom stereocenters. The number of rotatable bonds is 4. The molecule has 3 rings (SSSR count). The molecule has 0 aliphatic heterocycles. The molecule has 0 aliphatic carbocycles. The Morgan fingerprint density at radius 1 is 1.35 bits per heavy atom. The van der Waals surface area contributed by atoms with Gasteiger partial charge in [-0.1, -0.05) is 50.9 Å². The van der Waals surface area contributed by atoms with Crippen LogP contribution in [0, 0.1) is 0 Å². The second kappa shape index (κ2) is 6.74. The summed E-state index contributed by atoms with van der Waals surface area (Å²) in [6, 6.07) is 11.1. The molecule has 2 heterocycles. The molecule has 2 aromatic heterocycles. The topological polar surface area (TPSA) is 81.2 Å². The van der Waals surface area contributed by atoms with Gasteiger partial charge in [-0.05, 0) is 23.8 Å². The molecule has 5 nitrogen and oxygen atoms in total. The third-order valence-electron chi connectivity index (χ3n) is 3.15. The van der Waals surface area contributed by atoms with Gasteiger partial charge in [0.25, 0.3) is 5.91 Å². The molecule has 0 saturated carbocycles. The number of nitrogens with zero attached hydrogens (tertiary/aromatic N) is 1. The first-order valence-electron chi connectivity index (χ1n) is 6.58. The van der Waals surface area contributed by atoms with Crippen molar-refractivity contribution in [3.63, 3.8) is 0 Å². The summed E-state index contributed by atoms with van der Waals surface area (Å²) in [6.07, 6.45) is 0. The van der Waals surface area contributed by atoms with Crippen LogP contribution in [-0.4, -0.2) is 11.1 Å². The minimum Gasteiger partial charge on any atom is -0.367 e. The van der Waals surface area contributed by atoms with Crippen LogP contribution < -0.4 is 11.1 Å². The Kier molecular flexibility index (Phi) is 4.70. The molecular formula is C15H11BrClN3O2S. The first-order chi connectivity index (χ1) is 11.1. The van der Waals surface area contributed by atoms with E-state index < -0.39 is 0 Å². The lowest BCUT2D eigenvalue weighted by atomic mass is 10.1. The average Bonchev–Trinajstić information content (AvgIpc) is 3.12. The molecule has 0 bridgehead atoms. The zero-order chi connectivity index (χ0) is 16.4. The van der Waals surface area contributed by atoms with Gasteiger partial charge in [0.05, 0.1) is 9.21 Å². The van der Waals surface area contributed by atoms with Crippen molar-refractivity contribution in [1.29, 1.82) is 0 Å². The fourth-order valence-electron chi connectivity index (χ4n) is 2.04. The minimum absolute atomic E-state index is 0.0193. The predicted molar refractivity (Wildman–Crippen MR) is 94.6 cm³/mol. The van der Waals surface area contributed by atoms with Crippen molar-refractivity contribution >= 4 is 50.7 Å². The number of carbonyl (C=O) groups is 1. The van der Waals surface area contributed by atoms with E-state index in [-0.39, 0.29) is 17.4 Å². The number of carbonyl (C=O) groups excluding carboxylic acids is 1. The van der Waals surface area contributed by atoms with Crippen LogP contribution >= 0.6 is 38.9 Å². The number of hydrogen-bond donors (Lipinski definition) is 2. The fraction of sp³-hybridized carbons (Fsp3) is 0.0667. The lowest BCUT2D eigenvalue weighted by Gasteiger charge is -2.07. The van der Waals surface area contributed by atoms with Crippen molar-refractivity contribution in [3.05, 3.63) is 56.3 Å². The highest BCUT2D eigenvalue weighted by molar-refractivity contribution is 9.10. The van der Waals surface area contributed by atoms with Crippen LogP contribution in [0.2, 0.25) is 4.34 Å². The highest BCUT2D eigenvalue weighted by atomic mass is 79.9. The maximum atomic E-state index is 12.5. The van der Waals surface area contributed by atoms with Crippen molar-refractivity contribution in [2.45, 2.75) is 6.54 Å². The van der Waals surface area contributed by atoms with Crippen LogP contribution in [0.3, 0.4) is 0 Å². The molecule has 0 atom stereocenters. The maximum Gasteiger partial charge on any atom is 0.259 e. The quantitative estimate of drug-likeness (QED) is 0.668. The van der Waals surface area contributed by atoms with E-state index in [0.29, 0.717) is 16.6 Å². The average molecular weight is 413 g/mol. The van der Waals surface area contributed by atoms with Crippen LogP contribution in [0.5, 0.6) is 0 Å². The first kappa shape index (κ1) is 16.0. The molecule has 23 heavy (non-hydrogen) atoms. The summed E-state index contributed by atoms with van der Waals surface area (Å²) < 4.78 is 6.50. The molecule has 0 fully saturated rings. The van der Waals surface area contributed by atoms with E-state index in [1.165, 1.54) is 11.3 Å². The maximum absolute atomic E-state index is 12.5. The lowest BCUT2D eigenvalue weighted by molar-refractivity contribution is 0.0952. The van der Waals surface area contributed by atoms with Crippen LogP contribution in [0.4, 0.5) is 5.88 Å². The monoisotopic (exact) mass is 411 g/mol. The zero-order valence-corrected chi connectivity index (χ0v) is 14.8. The number of hydrogen-bond acceptors (Lipinski definition) is 5. The van der Waals surface area contributed by atoms with Crippen molar-refractivity contribution in [2.75, 3.05) is 5.73 Å². The Morgan fingerprint density at radius 2 is 2.13 bits per heavy atom. The number of benzene rings is 1. The Balaban J connectivity index is 1.83. The number of nitrogen functional groups attached to an aromatic ring is 1. The number of amides is 1. The van der Waals surface area contributed by atoms with E-state index in [1.54, 1.807) is 12.1 Å².